The molecule has 0 aliphatic heterocycles. The molecule has 65 heavy (non-hydrogen) atoms. The number of hydrogen-bond donors (Lipinski definition) is 0. The molecule has 0 saturated carbocycles. The molecule has 0 amide bonds. The minimum atomic E-state index is 0.693. The summed E-state index contributed by atoms with van der Waals surface area (Å²) in [5.74, 6) is 0.693. The van der Waals surface area contributed by atoms with Crippen molar-refractivity contribution in [3.8, 4) is 50.7 Å². The van der Waals surface area contributed by atoms with Crippen molar-refractivity contribution in [2.24, 2.45) is 0 Å². The molecule has 14 aromatic rings. The van der Waals surface area contributed by atoms with E-state index in [1.165, 1.54) is 80.9 Å². The predicted molar refractivity (Wildman–Crippen MR) is 274 cm³/mol. The van der Waals surface area contributed by atoms with Crippen molar-refractivity contribution >= 4 is 86.4 Å². The maximum absolute atomic E-state index is 5.39. The van der Waals surface area contributed by atoms with E-state index in [2.05, 4.69) is 223 Å². The highest BCUT2D eigenvalue weighted by atomic mass is 15.0. The van der Waals surface area contributed by atoms with Crippen LogP contribution in [0.3, 0.4) is 0 Å². The summed E-state index contributed by atoms with van der Waals surface area (Å²) in [6.45, 7) is 0. The third-order valence-electron chi connectivity index (χ3n) is 13.7. The van der Waals surface area contributed by atoms with Crippen LogP contribution in [0.1, 0.15) is 0 Å². The zero-order chi connectivity index (χ0) is 42.6. The number of hydrogen-bond acceptors (Lipinski definition) is 2. The van der Waals surface area contributed by atoms with Crippen molar-refractivity contribution in [1.29, 1.82) is 0 Å². The molecule has 0 unspecified atom stereocenters. The molecule has 0 radical (unpaired) electrons. The number of fused-ring (bicyclic) bond motifs is 5. The van der Waals surface area contributed by atoms with Gasteiger partial charge in [0, 0.05) is 33.2 Å². The van der Waals surface area contributed by atoms with Crippen LogP contribution >= 0.6 is 0 Å². The van der Waals surface area contributed by atoms with Crippen LogP contribution in [0, 0.1) is 0 Å². The molecule has 0 N–H and O–H groups in total. The van der Waals surface area contributed by atoms with Gasteiger partial charge in [-0.3, -0.25) is 0 Å². The van der Waals surface area contributed by atoms with Crippen molar-refractivity contribution in [2.75, 3.05) is 0 Å². The zero-order valence-corrected chi connectivity index (χ0v) is 35.2. The molecule has 300 valence electrons. The first-order chi connectivity index (χ1) is 32.2. The first kappa shape index (κ1) is 35.9. The molecule has 0 bridgehead atoms. The Labute approximate surface area is 374 Å². The number of rotatable bonds is 5. The molecule has 0 atom stereocenters. The van der Waals surface area contributed by atoms with Gasteiger partial charge in [-0.05, 0) is 124 Å². The average Bonchev–Trinajstić information content (AvgIpc) is 3.71. The Kier molecular flexibility index (Phi) is 7.69. The van der Waals surface area contributed by atoms with E-state index in [0.29, 0.717) is 5.82 Å². The monoisotopic (exact) mass is 823 g/mol. The average molecular weight is 824 g/mol. The van der Waals surface area contributed by atoms with Crippen LogP contribution in [0.2, 0.25) is 0 Å². The number of benzene rings is 11. The first-order valence-corrected chi connectivity index (χ1v) is 22.3. The Hall–Kier alpha value is -8.66. The molecule has 0 spiro atoms. The molecular weight excluding hydrogens is 787 g/mol. The van der Waals surface area contributed by atoms with Gasteiger partial charge >= 0.3 is 0 Å². The van der Waals surface area contributed by atoms with Gasteiger partial charge in [-0.25, -0.2) is 9.97 Å². The van der Waals surface area contributed by atoms with Crippen LogP contribution in [0.5, 0.6) is 0 Å². The Morgan fingerprint density at radius 3 is 1.51 bits per heavy atom. The van der Waals surface area contributed by atoms with Crippen LogP contribution in [0.15, 0.2) is 224 Å². The Morgan fingerprint density at radius 2 is 0.800 bits per heavy atom. The number of nitrogens with zero attached hydrogens (tertiary/aromatic N) is 3. The van der Waals surface area contributed by atoms with Crippen molar-refractivity contribution in [3.63, 3.8) is 0 Å². The second-order valence-electron chi connectivity index (χ2n) is 17.3. The summed E-state index contributed by atoms with van der Waals surface area (Å²) in [4.78, 5) is 10.7. The van der Waals surface area contributed by atoms with Crippen LogP contribution in [0.25, 0.3) is 137 Å². The minimum Gasteiger partial charge on any atom is -0.309 e. The van der Waals surface area contributed by atoms with E-state index < -0.39 is 0 Å². The van der Waals surface area contributed by atoms with Gasteiger partial charge in [0.15, 0.2) is 5.82 Å². The topological polar surface area (TPSA) is 30.7 Å². The third kappa shape index (κ3) is 5.43. The van der Waals surface area contributed by atoms with Crippen LogP contribution in [0.4, 0.5) is 0 Å². The summed E-state index contributed by atoms with van der Waals surface area (Å²) in [5, 5.41) is 17.6. The molecule has 0 aliphatic rings. The minimum absolute atomic E-state index is 0.693. The molecule has 2 aromatic heterocycles. The maximum Gasteiger partial charge on any atom is 0.160 e. The van der Waals surface area contributed by atoms with E-state index in [-0.39, 0.29) is 0 Å². The zero-order valence-electron chi connectivity index (χ0n) is 35.2. The number of aromatic nitrogens is 3. The van der Waals surface area contributed by atoms with E-state index in [1.807, 2.05) is 6.07 Å². The van der Waals surface area contributed by atoms with Gasteiger partial charge in [0.2, 0.25) is 0 Å². The Bertz CT molecular complexity index is 4220. The van der Waals surface area contributed by atoms with Crippen LogP contribution < -0.4 is 0 Å². The Balaban J connectivity index is 1.03. The van der Waals surface area contributed by atoms with Gasteiger partial charge in [-0.1, -0.05) is 176 Å². The van der Waals surface area contributed by atoms with Crippen LogP contribution in [-0.2, 0) is 0 Å². The van der Waals surface area contributed by atoms with Gasteiger partial charge in [0.05, 0.1) is 22.4 Å². The molecule has 3 heteroatoms. The fourth-order valence-electron chi connectivity index (χ4n) is 10.8. The molecule has 12 aromatic carbocycles. The van der Waals surface area contributed by atoms with Gasteiger partial charge in [0.1, 0.15) is 0 Å². The molecule has 2 heterocycles. The quantitative estimate of drug-likeness (QED) is 0.162. The summed E-state index contributed by atoms with van der Waals surface area (Å²) < 4.78 is 2.36. The summed E-state index contributed by atoms with van der Waals surface area (Å²) in [6.07, 6.45) is 0. The van der Waals surface area contributed by atoms with Gasteiger partial charge in [0.25, 0.3) is 0 Å². The smallest absolute Gasteiger partial charge is 0.160 e. The molecule has 0 saturated heterocycles. The summed E-state index contributed by atoms with van der Waals surface area (Å²) in [7, 11) is 0. The molecular formula is C62H37N3. The Morgan fingerprint density at radius 1 is 0.277 bits per heavy atom. The van der Waals surface area contributed by atoms with E-state index >= 15 is 0 Å². The third-order valence-corrected chi connectivity index (χ3v) is 13.7. The van der Waals surface area contributed by atoms with Crippen molar-refractivity contribution < 1.29 is 0 Å². The number of para-hydroxylation sites is 2. The van der Waals surface area contributed by atoms with Crippen LogP contribution in [-0.4, -0.2) is 14.5 Å². The van der Waals surface area contributed by atoms with Crippen molar-refractivity contribution in [2.45, 2.75) is 0 Å². The molecule has 0 fully saturated rings. The lowest BCUT2D eigenvalue weighted by atomic mass is 9.86. The highest BCUT2D eigenvalue weighted by Gasteiger charge is 2.20. The maximum atomic E-state index is 5.39. The fraction of sp³-hybridized carbons (Fsp3) is 0. The van der Waals surface area contributed by atoms with E-state index in [4.69, 9.17) is 9.97 Å². The van der Waals surface area contributed by atoms with Gasteiger partial charge < -0.3 is 4.57 Å². The highest BCUT2D eigenvalue weighted by molar-refractivity contribution is 6.37. The summed E-state index contributed by atoms with van der Waals surface area (Å²) >= 11 is 0. The van der Waals surface area contributed by atoms with E-state index in [0.717, 1.165) is 50.4 Å². The molecule has 14 rings (SSSR count). The first-order valence-electron chi connectivity index (χ1n) is 22.3. The lowest BCUT2D eigenvalue weighted by Gasteiger charge is -2.18. The lowest BCUT2D eigenvalue weighted by Crippen LogP contribution is -1.97. The highest BCUT2D eigenvalue weighted by Crippen LogP contribution is 2.46. The standard InChI is InChI=1S/C62H37N3/c1-3-14-41(15-4-1)62-63-54(42-32-33-57-52(35-42)48-23-9-10-27-56(48)65(57)45-19-5-2-6-20-45)37-55(64-62)47-22-8-7-21-46(47)44-34-43-31-30-40-17-12-25-50-49-24-11-16-38-28-29-39-18-13-26-51(60(39)58(38)49)53(36-44)61(43)59(40)50/h1-37H. The van der Waals surface area contributed by atoms with E-state index in [9.17, 15) is 0 Å². The summed E-state index contributed by atoms with van der Waals surface area (Å²) in [6, 6.07) is 81.7. The SMILES string of the molecule is c1ccc(-c2nc(-c3ccc4c(c3)c3ccccc3n4-c3ccccc3)cc(-c3ccccc3-c3cc4ccc5cccc6c7cccc8ccc9cccc(c(c3)c4c56)c9c87)n2)cc1. The van der Waals surface area contributed by atoms with Crippen molar-refractivity contribution in [1.82, 2.24) is 14.5 Å². The van der Waals surface area contributed by atoms with Crippen molar-refractivity contribution in [3.05, 3.63) is 224 Å². The summed E-state index contributed by atoms with van der Waals surface area (Å²) in [5.41, 5.74) is 10.6. The second kappa shape index (κ2) is 13.9. The largest absolute Gasteiger partial charge is 0.309 e. The fourth-order valence-corrected chi connectivity index (χ4v) is 10.8. The van der Waals surface area contributed by atoms with Gasteiger partial charge in [-0.15, -0.1) is 0 Å². The van der Waals surface area contributed by atoms with E-state index in [1.54, 1.807) is 0 Å². The lowest BCUT2D eigenvalue weighted by molar-refractivity contribution is 1.18. The van der Waals surface area contributed by atoms with Gasteiger partial charge in [-0.2, -0.15) is 0 Å². The molecule has 0 aliphatic carbocycles. The molecule has 3 nitrogen and oxygen atoms in total. The second-order valence-corrected chi connectivity index (χ2v) is 17.3. The normalized spacial score (nSPS) is 12.0. The predicted octanol–water partition coefficient (Wildman–Crippen LogP) is 16.6.